The fraction of sp³-hybridized carbons (Fsp3) is 0.467. The lowest BCUT2D eigenvalue weighted by Gasteiger charge is -2.21. The molecule has 1 rings (SSSR count). The van der Waals surface area contributed by atoms with Gasteiger partial charge in [0.25, 0.3) is 5.69 Å². The van der Waals surface area contributed by atoms with Gasteiger partial charge in [-0.15, -0.1) is 0 Å². The van der Waals surface area contributed by atoms with Crippen LogP contribution in [0.1, 0.15) is 20.8 Å². The van der Waals surface area contributed by atoms with Gasteiger partial charge in [0.05, 0.1) is 18.1 Å². The van der Waals surface area contributed by atoms with E-state index < -0.39 is 4.92 Å². The molecule has 0 bridgehead atoms. The summed E-state index contributed by atoms with van der Waals surface area (Å²) in [5.41, 5.74) is 0.800. The van der Waals surface area contributed by atoms with Gasteiger partial charge in [0.2, 0.25) is 0 Å². The molecule has 1 aromatic carbocycles. The fourth-order valence-corrected chi connectivity index (χ4v) is 1.51. The number of hydrogen-bond acceptors (Lipinski definition) is 5. The number of nitro benzene ring substituents is 1. The van der Waals surface area contributed by atoms with Crippen molar-refractivity contribution in [1.82, 2.24) is 5.32 Å². The molecule has 0 heterocycles. The maximum Gasteiger partial charge on any atom is 0.273 e. The maximum absolute atomic E-state index is 10.8. The molecule has 0 fully saturated rings. The Bertz CT molecular complexity index is 521. The highest BCUT2D eigenvalue weighted by Crippen LogP contribution is 2.31. The largest absolute Gasteiger partial charge is 0.493 e. The minimum atomic E-state index is -0.470. The van der Waals surface area contributed by atoms with Gasteiger partial charge in [-0.25, -0.2) is 0 Å². The molecule has 6 heteroatoms. The predicted octanol–water partition coefficient (Wildman–Crippen LogP) is 2.93. The highest BCUT2D eigenvalue weighted by atomic mass is 16.6. The van der Waals surface area contributed by atoms with E-state index in [9.17, 15) is 10.1 Å². The molecule has 116 valence electrons. The molecule has 6 nitrogen and oxygen atoms in total. The average molecular weight is 294 g/mol. The summed E-state index contributed by atoms with van der Waals surface area (Å²) in [5.74, 6) is 0.792. The topological polar surface area (TPSA) is 73.6 Å². The number of nitrogens with zero attached hydrogens (tertiary/aromatic N) is 1. The van der Waals surface area contributed by atoms with Crippen molar-refractivity contribution < 1.29 is 14.4 Å². The summed E-state index contributed by atoms with van der Waals surface area (Å²) in [6.07, 6.45) is 0. The van der Waals surface area contributed by atoms with Gasteiger partial charge in [-0.05, 0) is 32.4 Å². The minimum absolute atomic E-state index is 0.00777. The van der Waals surface area contributed by atoms with Crippen LogP contribution in [0.15, 0.2) is 30.4 Å². The second-order valence-corrected chi connectivity index (χ2v) is 5.73. The number of hydrogen-bond donors (Lipinski definition) is 1. The Morgan fingerprint density at radius 1 is 1.38 bits per heavy atom. The zero-order valence-corrected chi connectivity index (χ0v) is 12.9. The van der Waals surface area contributed by atoms with Crippen LogP contribution >= 0.6 is 0 Å². The van der Waals surface area contributed by atoms with E-state index in [-0.39, 0.29) is 17.8 Å². The Morgan fingerprint density at radius 2 is 2.05 bits per heavy atom. The van der Waals surface area contributed by atoms with Crippen molar-refractivity contribution >= 4 is 5.69 Å². The van der Waals surface area contributed by atoms with Crippen LogP contribution in [0.25, 0.3) is 0 Å². The molecule has 0 radical (unpaired) electrons. The van der Waals surface area contributed by atoms with Crippen molar-refractivity contribution in [2.45, 2.75) is 26.3 Å². The Morgan fingerprint density at radius 3 is 2.57 bits per heavy atom. The van der Waals surface area contributed by atoms with Crippen LogP contribution in [0.3, 0.4) is 0 Å². The second kappa shape index (κ2) is 7.08. The summed E-state index contributed by atoms with van der Waals surface area (Å²) in [7, 11) is 1.49. The molecule has 0 aliphatic carbocycles. The van der Waals surface area contributed by atoms with Crippen LogP contribution in [0.2, 0.25) is 0 Å². The van der Waals surface area contributed by atoms with E-state index in [0.29, 0.717) is 18.0 Å². The number of nitro groups is 1. The standard InChI is InChI=1S/C15H22N2O4/c1-11(9-16-15(2,3)4)10-21-14-8-12(17(18)19)6-7-13(14)20-5/h6-8,16H,1,9-10H2,2-5H3. The van der Waals surface area contributed by atoms with Crippen LogP contribution < -0.4 is 14.8 Å². The summed E-state index contributed by atoms with van der Waals surface area (Å²) >= 11 is 0. The van der Waals surface area contributed by atoms with Crippen molar-refractivity contribution in [3.63, 3.8) is 0 Å². The molecule has 0 saturated carbocycles. The van der Waals surface area contributed by atoms with Crippen LogP contribution in [-0.2, 0) is 0 Å². The third-order valence-electron chi connectivity index (χ3n) is 2.66. The first-order valence-electron chi connectivity index (χ1n) is 6.60. The third kappa shape index (κ3) is 5.83. The van der Waals surface area contributed by atoms with Crippen molar-refractivity contribution in [2.75, 3.05) is 20.3 Å². The maximum atomic E-state index is 10.8. The van der Waals surface area contributed by atoms with Gasteiger partial charge < -0.3 is 14.8 Å². The Hall–Kier alpha value is -2.08. The Balaban J connectivity index is 2.67. The van der Waals surface area contributed by atoms with Gasteiger partial charge in [-0.3, -0.25) is 10.1 Å². The second-order valence-electron chi connectivity index (χ2n) is 5.73. The highest BCUT2D eigenvalue weighted by molar-refractivity contribution is 5.48. The van der Waals surface area contributed by atoms with E-state index in [4.69, 9.17) is 9.47 Å². The zero-order chi connectivity index (χ0) is 16.0. The van der Waals surface area contributed by atoms with Gasteiger partial charge in [-0.1, -0.05) is 6.58 Å². The van der Waals surface area contributed by atoms with Gasteiger partial charge in [-0.2, -0.15) is 0 Å². The number of methoxy groups -OCH3 is 1. The molecule has 0 spiro atoms. The summed E-state index contributed by atoms with van der Waals surface area (Å²) in [6, 6.07) is 4.24. The number of nitrogens with one attached hydrogen (secondary N) is 1. The molecule has 1 aromatic rings. The lowest BCUT2D eigenvalue weighted by atomic mass is 10.1. The van der Waals surface area contributed by atoms with E-state index >= 15 is 0 Å². The summed E-state index contributed by atoms with van der Waals surface area (Å²) in [6.45, 7) is 11.0. The van der Waals surface area contributed by atoms with E-state index in [1.165, 1.54) is 25.3 Å². The first-order chi connectivity index (χ1) is 9.73. The van der Waals surface area contributed by atoms with Gasteiger partial charge in [0, 0.05) is 18.2 Å². The lowest BCUT2D eigenvalue weighted by molar-refractivity contribution is -0.385. The smallest absolute Gasteiger partial charge is 0.273 e. The average Bonchev–Trinajstić information content (AvgIpc) is 2.41. The van der Waals surface area contributed by atoms with Gasteiger partial charge in [0.15, 0.2) is 11.5 Å². The molecular weight excluding hydrogens is 272 g/mol. The molecule has 0 aliphatic rings. The van der Waals surface area contributed by atoms with Gasteiger partial charge in [0.1, 0.15) is 6.61 Å². The number of rotatable bonds is 7. The fourth-order valence-electron chi connectivity index (χ4n) is 1.51. The predicted molar refractivity (Wildman–Crippen MR) is 82.0 cm³/mol. The highest BCUT2D eigenvalue weighted by Gasteiger charge is 2.13. The summed E-state index contributed by atoms with van der Waals surface area (Å²) in [5, 5.41) is 14.1. The molecule has 0 aromatic heterocycles. The lowest BCUT2D eigenvalue weighted by Crippen LogP contribution is -2.37. The Kier molecular flexibility index (Phi) is 5.72. The first kappa shape index (κ1) is 17.0. The molecule has 0 atom stereocenters. The van der Waals surface area contributed by atoms with Crippen molar-refractivity contribution in [2.24, 2.45) is 0 Å². The van der Waals surface area contributed by atoms with E-state index in [0.717, 1.165) is 5.57 Å². The van der Waals surface area contributed by atoms with E-state index in [1.807, 2.05) is 0 Å². The molecule has 21 heavy (non-hydrogen) atoms. The molecule has 0 amide bonds. The summed E-state index contributed by atoms with van der Waals surface area (Å²) < 4.78 is 10.7. The number of ether oxygens (including phenoxy) is 2. The summed E-state index contributed by atoms with van der Waals surface area (Å²) in [4.78, 5) is 10.3. The van der Waals surface area contributed by atoms with E-state index in [2.05, 4.69) is 32.7 Å². The molecule has 0 unspecified atom stereocenters. The zero-order valence-electron chi connectivity index (χ0n) is 12.9. The minimum Gasteiger partial charge on any atom is -0.493 e. The van der Waals surface area contributed by atoms with Gasteiger partial charge >= 0.3 is 0 Å². The Labute approximate surface area is 124 Å². The van der Waals surface area contributed by atoms with Crippen molar-refractivity contribution in [1.29, 1.82) is 0 Å². The van der Waals surface area contributed by atoms with Crippen LogP contribution in [-0.4, -0.2) is 30.7 Å². The van der Waals surface area contributed by atoms with Crippen LogP contribution in [0, 0.1) is 10.1 Å². The molecule has 0 saturated heterocycles. The monoisotopic (exact) mass is 294 g/mol. The van der Waals surface area contributed by atoms with Crippen molar-refractivity contribution in [3.05, 3.63) is 40.5 Å². The molecule has 0 aliphatic heterocycles. The SMILES string of the molecule is C=C(CNC(C)(C)C)COc1cc([N+](=O)[O-])ccc1OC. The van der Waals surface area contributed by atoms with Crippen molar-refractivity contribution in [3.8, 4) is 11.5 Å². The van der Waals surface area contributed by atoms with Crippen LogP contribution in [0.5, 0.6) is 11.5 Å². The van der Waals surface area contributed by atoms with E-state index in [1.54, 1.807) is 0 Å². The number of non-ortho nitro benzene ring substituents is 1. The molecular formula is C15H22N2O4. The molecule has 1 N–H and O–H groups in total. The quantitative estimate of drug-likeness (QED) is 0.475. The number of benzene rings is 1. The first-order valence-corrected chi connectivity index (χ1v) is 6.60. The van der Waals surface area contributed by atoms with Crippen LogP contribution in [0.4, 0.5) is 5.69 Å². The third-order valence-corrected chi connectivity index (χ3v) is 2.66. The normalized spacial score (nSPS) is 11.0.